The lowest BCUT2D eigenvalue weighted by Crippen LogP contribution is -2.39. The fourth-order valence-electron chi connectivity index (χ4n) is 2.93. The summed E-state index contributed by atoms with van der Waals surface area (Å²) in [5.74, 6) is 0.222. The van der Waals surface area contributed by atoms with E-state index in [0.717, 1.165) is 38.0 Å². The molecule has 1 fully saturated rings. The molecule has 0 atom stereocenters. The first-order valence-corrected chi connectivity index (χ1v) is 8.61. The zero-order valence-corrected chi connectivity index (χ0v) is 14.4. The third-order valence-corrected chi connectivity index (χ3v) is 4.43. The van der Waals surface area contributed by atoms with Crippen LogP contribution in [0.5, 0.6) is 0 Å². The summed E-state index contributed by atoms with van der Waals surface area (Å²) >= 11 is 0. The van der Waals surface area contributed by atoms with Gasteiger partial charge in [-0.3, -0.25) is 4.99 Å². The van der Waals surface area contributed by atoms with Crippen LogP contribution in [-0.2, 0) is 14.9 Å². The van der Waals surface area contributed by atoms with Gasteiger partial charge in [0.05, 0.1) is 6.54 Å². The van der Waals surface area contributed by atoms with Gasteiger partial charge in [0, 0.05) is 38.4 Å². The molecule has 0 bridgehead atoms. The molecule has 0 unspecified atom stereocenters. The second kappa shape index (κ2) is 9.59. The van der Waals surface area contributed by atoms with E-state index in [2.05, 4.69) is 10.3 Å². The fourth-order valence-corrected chi connectivity index (χ4v) is 2.93. The highest BCUT2D eigenvalue weighted by Crippen LogP contribution is 2.35. The number of ether oxygens (including phenoxy) is 2. The minimum atomic E-state index is -0.222. The molecule has 0 aliphatic carbocycles. The van der Waals surface area contributed by atoms with E-state index < -0.39 is 0 Å². The van der Waals surface area contributed by atoms with Crippen LogP contribution < -0.4 is 11.1 Å². The highest BCUT2D eigenvalue weighted by atomic mass is 19.1. The van der Waals surface area contributed by atoms with Gasteiger partial charge in [-0.25, -0.2) is 4.39 Å². The third kappa shape index (κ3) is 5.46. The topological polar surface area (TPSA) is 68.9 Å². The summed E-state index contributed by atoms with van der Waals surface area (Å²) in [5.41, 5.74) is 6.94. The van der Waals surface area contributed by atoms with Crippen LogP contribution in [0.4, 0.5) is 4.39 Å². The fraction of sp³-hybridized carbons (Fsp3) is 0.611. The molecule has 2 rings (SSSR count). The number of nitrogens with two attached hydrogens (primary N) is 1. The normalized spacial score (nSPS) is 17.7. The number of nitrogens with one attached hydrogen (secondary N) is 1. The predicted molar refractivity (Wildman–Crippen MR) is 93.7 cm³/mol. The average molecular weight is 337 g/mol. The standard InChI is InChI=1S/C18H28FN3O2/c1-2-23-11-3-10-21-17(20)22-14-18(8-12-24-13-9-18)15-4-6-16(19)7-5-15/h4-7H,2-3,8-14H2,1H3,(H3,20,21,22). The zero-order valence-electron chi connectivity index (χ0n) is 14.4. The van der Waals surface area contributed by atoms with Crippen LogP contribution in [0.25, 0.3) is 0 Å². The maximum atomic E-state index is 13.2. The van der Waals surface area contributed by atoms with Crippen molar-refractivity contribution in [2.24, 2.45) is 10.7 Å². The Morgan fingerprint density at radius 3 is 2.71 bits per heavy atom. The van der Waals surface area contributed by atoms with Gasteiger partial charge in [-0.2, -0.15) is 0 Å². The molecule has 1 aromatic rings. The molecule has 0 aromatic heterocycles. The molecule has 1 aromatic carbocycles. The van der Waals surface area contributed by atoms with E-state index >= 15 is 0 Å². The number of rotatable bonds is 8. The highest BCUT2D eigenvalue weighted by Gasteiger charge is 2.34. The lowest BCUT2D eigenvalue weighted by Gasteiger charge is -2.36. The first kappa shape index (κ1) is 18.7. The molecule has 1 saturated heterocycles. The monoisotopic (exact) mass is 337 g/mol. The van der Waals surface area contributed by atoms with E-state index in [-0.39, 0.29) is 11.2 Å². The van der Waals surface area contributed by atoms with Gasteiger partial charge in [-0.15, -0.1) is 0 Å². The van der Waals surface area contributed by atoms with Crippen molar-refractivity contribution in [1.82, 2.24) is 5.32 Å². The van der Waals surface area contributed by atoms with Crippen LogP contribution in [-0.4, -0.2) is 45.5 Å². The summed E-state index contributed by atoms with van der Waals surface area (Å²) in [6, 6.07) is 6.71. The molecule has 3 N–H and O–H groups in total. The van der Waals surface area contributed by atoms with Gasteiger partial charge in [0.15, 0.2) is 5.96 Å². The van der Waals surface area contributed by atoms with Gasteiger partial charge in [0.25, 0.3) is 0 Å². The van der Waals surface area contributed by atoms with Gasteiger partial charge in [-0.1, -0.05) is 12.1 Å². The average Bonchev–Trinajstić information content (AvgIpc) is 2.61. The lowest BCUT2D eigenvalue weighted by atomic mass is 9.74. The van der Waals surface area contributed by atoms with Crippen molar-refractivity contribution in [3.05, 3.63) is 35.6 Å². The second-order valence-electron chi connectivity index (χ2n) is 6.08. The largest absolute Gasteiger partial charge is 0.382 e. The number of guanidine groups is 1. The zero-order chi connectivity index (χ0) is 17.3. The summed E-state index contributed by atoms with van der Waals surface area (Å²) in [6.45, 7) is 6.11. The molecule has 134 valence electrons. The van der Waals surface area contributed by atoms with Gasteiger partial charge < -0.3 is 20.5 Å². The molecule has 6 heteroatoms. The SMILES string of the molecule is CCOCCCNC(N)=NCC1(c2ccc(F)cc2)CCOCC1. The minimum absolute atomic E-state index is 0.135. The second-order valence-corrected chi connectivity index (χ2v) is 6.08. The molecule has 1 aliphatic rings. The molecule has 0 spiro atoms. The molecule has 0 amide bonds. The van der Waals surface area contributed by atoms with Crippen LogP contribution >= 0.6 is 0 Å². The van der Waals surface area contributed by atoms with E-state index in [1.807, 2.05) is 19.1 Å². The molecular formula is C18H28FN3O2. The summed E-state index contributed by atoms with van der Waals surface area (Å²) in [7, 11) is 0. The Bertz CT molecular complexity index is 514. The first-order chi connectivity index (χ1) is 11.7. The van der Waals surface area contributed by atoms with E-state index in [1.54, 1.807) is 0 Å². The van der Waals surface area contributed by atoms with Crippen molar-refractivity contribution >= 4 is 5.96 Å². The lowest BCUT2D eigenvalue weighted by molar-refractivity contribution is 0.0531. The maximum absolute atomic E-state index is 13.2. The number of hydrogen-bond donors (Lipinski definition) is 2. The molecule has 0 radical (unpaired) electrons. The van der Waals surface area contributed by atoms with Crippen LogP contribution in [0.15, 0.2) is 29.3 Å². The maximum Gasteiger partial charge on any atom is 0.188 e. The Balaban J connectivity index is 1.96. The van der Waals surface area contributed by atoms with E-state index in [4.69, 9.17) is 15.2 Å². The van der Waals surface area contributed by atoms with Crippen molar-refractivity contribution in [1.29, 1.82) is 0 Å². The van der Waals surface area contributed by atoms with Gasteiger partial charge in [0.2, 0.25) is 0 Å². The van der Waals surface area contributed by atoms with Crippen molar-refractivity contribution in [3.8, 4) is 0 Å². The number of hydrogen-bond acceptors (Lipinski definition) is 3. The number of aliphatic imine (C=N–C) groups is 1. The van der Waals surface area contributed by atoms with Gasteiger partial charge in [0.1, 0.15) is 5.82 Å². The Hall–Kier alpha value is -1.66. The Morgan fingerprint density at radius 1 is 1.33 bits per heavy atom. The van der Waals surface area contributed by atoms with Crippen LogP contribution in [0.2, 0.25) is 0 Å². The molecule has 0 saturated carbocycles. The van der Waals surface area contributed by atoms with Crippen LogP contribution in [0.3, 0.4) is 0 Å². The summed E-state index contributed by atoms with van der Waals surface area (Å²) in [5, 5.41) is 3.12. The molecular weight excluding hydrogens is 309 g/mol. The number of benzene rings is 1. The van der Waals surface area contributed by atoms with Crippen molar-refractivity contribution in [3.63, 3.8) is 0 Å². The third-order valence-electron chi connectivity index (χ3n) is 4.43. The molecule has 24 heavy (non-hydrogen) atoms. The number of halogens is 1. The summed E-state index contributed by atoms with van der Waals surface area (Å²) < 4.78 is 24.0. The molecule has 1 heterocycles. The Kier molecular flexibility index (Phi) is 7.46. The molecule has 5 nitrogen and oxygen atoms in total. The Labute approximate surface area is 143 Å². The van der Waals surface area contributed by atoms with E-state index in [1.165, 1.54) is 12.1 Å². The Morgan fingerprint density at radius 2 is 2.04 bits per heavy atom. The summed E-state index contributed by atoms with van der Waals surface area (Å²) in [4.78, 5) is 4.53. The predicted octanol–water partition coefficient (Wildman–Crippen LogP) is 2.20. The van der Waals surface area contributed by atoms with Gasteiger partial charge in [-0.05, 0) is 43.9 Å². The van der Waals surface area contributed by atoms with E-state index in [0.29, 0.717) is 32.3 Å². The van der Waals surface area contributed by atoms with Crippen molar-refractivity contribution < 1.29 is 13.9 Å². The van der Waals surface area contributed by atoms with Gasteiger partial charge >= 0.3 is 0 Å². The minimum Gasteiger partial charge on any atom is -0.382 e. The van der Waals surface area contributed by atoms with Crippen molar-refractivity contribution in [2.45, 2.75) is 31.6 Å². The summed E-state index contributed by atoms with van der Waals surface area (Å²) in [6.07, 6.45) is 2.61. The first-order valence-electron chi connectivity index (χ1n) is 8.61. The van der Waals surface area contributed by atoms with Crippen LogP contribution in [0.1, 0.15) is 31.7 Å². The molecule has 1 aliphatic heterocycles. The van der Waals surface area contributed by atoms with Crippen molar-refractivity contribution in [2.75, 3.05) is 39.5 Å². The smallest absolute Gasteiger partial charge is 0.188 e. The van der Waals surface area contributed by atoms with E-state index in [9.17, 15) is 4.39 Å². The van der Waals surface area contributed by atoms with Crippen LogP contribution in [0, 0.1) is 5.82 Å². The highest BCUT2D eigenvalue weighted by molar-refractivity contribution is 5.77. The number of nitrogens with zero attached hydrogens (tertiary/aromatic N) is 1. The quantitative estimate of drug-likeness (QED) is 0.433.